The summed E-state index contributed by atoms with van der Waals surface area (Å²) in [5.41, 5.74) is 20.7. The molecule has 19 heteroatoms. The molecule has 6 rings (SSSR count). The molecular weight excluding hydrogens is 991 g/mol. The maximum atomic E-state index is 15.1. The predicted octanol–water partition coefficient (Wildman–Crippen LogP) is 3.92. The zero-order valence-electron chi connectivity index (χ0n) is 44.9. The summed E-state index contributed by atoms with van der Waals surface area (Å²) in [6, 6.07) is 25.2. The summed E-state index contributed by atoms with van der Waals surface area (Å²) in [4.78, 5) is 119. The molecular formula is C59H75N11O8. The normalized spacial score (nSPS) is 13.8. The maximum absolute atomic E-state index is 15.1. The smallest absolute Gasteiger partial charge is 0.243 e. The third kappa shape index (κ3) is 16.3. The number of benzene rings is 4. The molecule has 414 valence electrons. The van der Waals surface area contributed by atoms with Crippen molar-refractivity contribution in [2.45, 2.75) is 140 Å². The van der Waals surface area contributed by atoms with Crippen molar-refractivity contribution in [1.82, 2.24) is 41.9 Å². The fourth-order valence-electron chi connectivity index (χ4n) is 9.84. The zero-order chi connectivity index (χ0) is 56.4. The summed E-state index contributed by atoms with van der Waals surface area (Å²) in [5.74, 6) is -5.83. The van der Waals surface area contributed by atoms with Crippen LogP contribution in [0.15, 0.2) is 122 Å². The van der Waals surface area contributed by atoms with Crippen LogP contribution in [0.25, 0.3) is 21.8 Å². The van der Waals surface area contributed by atoms with Crippen molar-refractivity contribution in [2.75, 3.05) is 0 Å². The van der Waals surface area contributed by atoms with Crippen LogP contribution in [0, 0.1) is 5.92 Å². The number of amides is 8. The molecule has 8 amide bonds. The Balaban J connectivity index is 1.33. The van der Waals surface area contributed by atoms with Gasteiger partial charge in [-0.05, 0) is 72.4 Å². The summed E-state index contributed by atoms with van der Waals surface area (Å²) in [6.45, 7) is 7.55. The van der Waals surface area contributed by atoms with Crippen molar-refractivity contribution in [3.8, 4) is 0 Å². The molecule has 0 aliphatic carbocycles. The molecule has 78 heavy (non-hydrogen) atoms. The van der Waals surface area contributed by atoms with Crippen molar-refractivity contribution in [2.24, 2.45) is 23.1 Å². The van der Waals surface area contributed by atoms with Gasteiger partial charge in [0.1, 0.15) is 35.7 Å². The van der Waals surface area contributed by atoms with Crippen LogP contribution < -0.4 is 49.1 Å². The fourth-order valence-corrected chi connectivity index (χ4v) is 9.84. The quantitative estimate of drug-likeness (QED) is 0.0311. The van der Waals surface area contributed by atoms with Crippen molar-refractivity contribution in [3.05, 3.63) is 144 Å². The van der Waals surface area contributed by atoms with Gasteiger partial charge in [0.05, 0.1) is 6.04 Å². The second kappa shape index (κ2) is 28.2. The highest BCUT2D eigenvalue weighted by Gasteiger charge is 2.40. The molecule has 0 unspecified atom stereocenters. The molecule has 0 radical (unpaired) electrons. The number of hydrogen-bond donors (Lipinski definition) is 11. The van der Waals surface area contributed by atoms with Gasteiger partial charge in [0.2, 0.25) is 47.3 Å². The van der Waals surface area contributed by atoms with E-state index in [-0.39, 0.29) is 50.9 Å². The van der Waals surface area contributed by atoms with Gasteiger partial charge < -0.3 is 59.1 Å². The number of carbonyl (C=O) groups is 8. The van der Waals surface area contributed by atoms with Gasteiger partial charge in [0.25, 0.3) is 0 Å². The minimum absolute atomic E-state index is 0.0484. The summed E-state index contributed by atoms with van der Waals surface area (Å²) in [7, 11) is 0. The van der Waals surface area contributed by atoms with Gasteiger partial charge in [-0.25, -0.2) is 0 Å². The van der Waals surface area contributed by atoms with E-state index in [2.05, 4.69) is 41.9 Å². The Hall–Kier alpha value is -8.32. The molecule has 14 N–H and O–H groups in total. The van der Waals surface area contributed by atoms with Crippen molar-refractivity contribution in [3.63, 3.8) is 0 Å². The summed E-state index contributed by atoms with van der Waals surface area (Å²) in [5, 5.41) is 18.6. The lowest BCUT2D eigenvalue weighted by molar-refractivity contribution is -0.136. The van der Waals surface area contributed by atoms with Gasteiger partial charge in [0.15, 0.2) is 0 Å². The van der Waals surface area contributed by atoms with E-state index >= 15 is 9.59 Å². The number of rotatable bonds is 30. The van der Waals surface area contributed by atoms with Gasteiger partial charge in [-0.15, -0.1) is 0 Å². The van der Waals surface area contributed by atoms with Crippen LogP contribution >= 0.6 is 0 Å². The average Bonchev–Trinajstić information content (AvgIpc) is 4.03. The zero-order valence-corrected chi connectivity index (χ0v) is 44.9. The first kappa shape index (κ1) is 58.9. The molecule has 19 nitrogen and oxygen atoms in total. The molecule has 6 aromatic rings. The lowest BCUT2D eigenvalue weighted by Gasteiger charge is -2.34. The van der Waals surface area contributed by atoms with Gasteiger partial charge in [-0.1, -0.05) is 138 Å². The van der Waals surface area contributed by atoms with Crippen LogP contribution in [0.5, 0.6) is 0 Å². The molecule has 4 aromatic carbocycles. The van der Waals surface area contributed by atoms with Gasteiger partial charge in [-0.3, -0.25) is 38.4 Å². The van der Waals surface area contributed by atoms with Crippen LogP contribution in [-0.2, 0) is 64.0 Å². The number of para-hydroxylation sites is 2. The number of H-pyrrole nitrogens is 2. The number of nitrogens with one attached hydrogen (secondary N) is 8. The van der Waals surface area contributed by atoms with E-state index < -0.39 is 89.0 Å². The molecule has 0 spiro atoms. The second-order valence-corrected chi connectivity index (χ2v) is 20.5. The van der Waals surface area contributed by atoms with Crippen molar-refractivity contribution >= 4 is 69.1 Å². The minimum atomic E-state index is -1.39. The number of nitrogens with two attached hydrogens (primary N) is 3. The van der Waals surface area contributed by atoms with E-state index in [4.69, 9.17) is 17.2 Å². The molecule has 0 bridgehead atoms. The Morgan fingerprint density at radius 1 is 0.500 bits per heavy atom. The van der Waals surface area contributed by atoms with Crippen LogP contribution in [-0.4, -0.2) is 99.0 Å². The maximum Gasteiger partial charge on any atom is 0.243 e. The van der Waals surface area contributed by atoms with Gasteiger partial charge in [0, 0.05) is 59.9 Å². The first-order valence-corrected chi connectivity index (χ1v) is 26.8. The van der Waals surface area contributed by atoms with Gasteiger partial charge in [-0.2, -0.15) is 0 Å². The fraction of sp³-hybridized carbons (Fsp3) is 0.390. The Bertz CT molecular complexity index is 3010. The largest absolute Gasteiger partial charge is 0.370 e. The number of hydrogen-bond acceptors (Lipinski definition) is 9. The number of fused-ring (bicyclic) bond motifs is 2. The lowest BCUT2D eigenvalue weighted by Crippen LogP contribution is -2.63. The molecule has 0 aliphatic rings. The monoisotopic (exact) mass is 1070 g/mol. The summed E-state index contributed by atoms with van der Waals surface area (Å²) < 4.78 is 0. The minimum Gasteiger partial charge on any atom is -0.370 e. The van der Waals surface area contributed by atoms with E-state index in [9.17, 15) is 28.8 Å². The molecule has 0 fully saturated rings. The predicted molar refractivity (Wildman–Crippen MR) is 300 cm³/mol. The third-order valence-electron chi connectivity index (χ3n) is 13.9. The molecule has 6 atom stereocenters. The number of primary amides is 2. The summed E-state index contributed by atoms with van der Waals surface area (Å²) in [6.07, 6.45) is 4.78. The molecule has 2 heterocycles. The van der Waals surface area contributed by atoms with Crippen LogP contribution in [0.4, 0.5) is 0 Å². The number of carbonyl (C=O) groups excluding carboxylic acids is 8. The van der Waals surface area contributed by atoms with Crippen molar-refractivity contribution < 1.29 is 38.4 Å². The Kier molecular flexibility index (Phi) is 21.3. The molecule has 0 saturated carbocycles. The second-order valence-electron chi connectivity index (χ2n) is 20.5. The van der Waals surface area contributed by atoms with E-state index in [0.717, 1.165) is 27.4 Å². The van der Waals surface area contributed by atoms with Gasteiger partial charge >= 0.3 is 0 Å². The van der Waals surface area contributed by atoms with Crippen molar-refractivity contribution in [1.29, 1.82) is 0 Å². The average molecular weight is 1070 g/mol. The SMILES string of the molecule is CCCC(CCC)(NC(=O)[C@H](CC(C)C)NC(=O)[C@@H](Cc1c[nH]c2ccccc12)NC(=O)[C@H](Cc1ccccc1)NC(=O)[C@@H](Cc1c[nH]c2ccccc12)NC(=O)[C@H](CCC(N)=O)NC(=O)[C@H](N)Cc1ccccc1)C(N)=O. The lowest BCUT2D eigenvalue weighted by atomic mass is 9.87. The third-order valence-corrected chi connectivity index (χ3v) is 13.9. The van der Waals surface area contributed by atoms with E-state index in [1.165, 1.54) is 0 Å². The molecule has 0 aliphatic heterocycles. The Labute approximate surface area is 454 Å². The standard InChI is InChI=1S/C59H75N11O8/c1-5-27-59(28-6-2,58(62)78)70-57(77)47(29-36(3)4)66-55(75)50(33-40-35-64-45-24-16-14-22-42(40)45)69-54(74)48(31-38-19-11-8-12-20-38)67-56(76)49(32-39-34-63-44-23-15-13-21-41(39)44)68-53(73)46(25-26-51(61)71)65-52(72)43(60)30-37-17-9-7-10-18-37/h7-24,34-36,43,46-50,63-64H,5-6,25-33,60H2,1-4H3,(H2,61,71)(H2,62,78)(H,65,72)(H,66,75)(H,67,76)(H,68,73)(H,69,74)(H,70,77)/t43-,46+,47+,48+,49-,50-/m1/s1. The molecule has 0 saturated heterocycles. The Morgan fingerprint density at radius 2 is 0.910 bits per heavy atom. The Morgan fingerprint density at radius 3 is 1.36 bits per heavy atom. The van der Waals surface area contributed by atoms with Crippen LogP contribution in [0.3, 0.4) is 0 Å². The van der Waals surface area contributed by atoms with Crippen LogP contribution in [0.2, 0.25) is 0 Å². The van der Waals surface area contributed by atoms with E-state index in [0.29, 0.717) is 42.4 Å². The highest BCUT2D eigenvalue weighted by Crippen LogP contribution is 2.23. The highest BCUT2D eigenvalue weighted by molar-refractivity contribution is 5.99. The first-order valence-electron chi connectivity index (χ1n) is 26.8. The summed E-state index contributed by atoms with van der Waals surface area (Å²) >= 11 is 0. The molecule has 2 aromatic heterocycles. The first-order chi connectivity index (χ1) is 37.4. The number of aromatic amines is 2. The van der Waals surface area contributed by atoms with E-state index in [1.807, 2.05) is 107 Å². The highest BCUT2D eigenvalue weighted by atomic mass is 16.2. The topological polar surface area (TPSA) is 318 Å². The van der Waals surface area contributed by atoms with Crippen LogP contribution in [0.1, 0.15) is 94.9 Å². The van der Waals surface area contributed by atoms with E-state index in [1.54, 1.807) is 42.7 Å². The number of aromatic nitrogens is 2.